The van der Waals surface area contributed by atoms with Crippen molar-refractivity contribution < 1.29 is 9.53 Å². The van der Waals surface area contributed by atoms with Gasteiger partial charge in [0.05, 0.1) is 7.11 Å². The first-order chi connectivity index (χ1) is 7.19. The first-order valence-corrected chi connectivity index (χ1v) is 5.74. The number of nitrogens with one attached hydrogen (secondary N) is 1. The lowest BCUT2D eigenvalue weighted by Gasteiger charge is -2.28. The average molecular weight is 214 g/mol. The molecule has 1 aliphatic rings. The molecule has 1 aliphatic heterocycles. The highest BCUT2D eigenvalue weighted by atomic mass is 16.5. The summed E-state index contributed by atoms with van der Waals surface area (Å²) in [5.41, 5.74) is 0. The summed E-state index contributed by atoms with van der Waals surface area (Å²) in [6.45, 7) is 6.91. The van der Waals surface area contributed by atoms with Crippen molar-refractivity contribution in [2.75, 3.05) is 26.7 Å². The van der Waals surface area contributed by atoms with Gasteiger partial charge in [0.2, 0.25) is 0 Å². The summed E-state index contributed by atoms with van der Waals surface area (Å²) in [5, 5.41) is 3.44. The highest BCUT2D eigenvalue weighted by Crippen LogP contribution is 2.09. The normalized spacial score (nSPS) is 23.1. The molecule has 1 saturated heterocycles. The highest BCUT2D eigenvalue weighted by molar-refractivity contribution is 5.75. The van der Waals surface area contributed by atoms with Gasteiger partial charge in [0, 0.05) is 12.6 Å². The minimum Gasteiger partial charge on any atom is -0.468 e. The van der Waals surface area contributed by atoms with Crippen LogP contribution in [-0.2, 0) is 9.53 Å². The van der Waals surface area contributed by atoms with Gasteiger partial charge in [0.25, 0.3) is 0 Å². The Morgan fingerprint density at radius 3 is 2.87 bits per heavy atom. The molecule has 0 saturated carbocycles. The van der Waals surface area contributed by atoms with Gasteiger partial charge in [-0.05, 0) is 32.9 Å². The lowest BCUT2D eigenvalue weighted by Crippen LogP contribution is -2.45. The summed E-state index contributed by atoms with van der Waals surface area (Å²) in [6, 6.07) is 0.402. The maximum Gasteiger partial charge on any atom is 0.322 e. The molecule has 0 radical (unpaired) electrons. The Morgan fingerprint density at radius 1 is 1.67 bits per heavy atom. The molecule has 0 bridgehead atoms. The van der Waals surface area contributed by atoms with E-state index in [1.165, 1.54) is 20.0 Å². The number of hydrogen-bond acceptors (Lipinski definition) is 4. The number of rotatable bonds is 5. The predicted molar refractivity (Wildman–Crippen MR) is 59.7 cm³/mol. The number of nitrogens with zero attached hydrogens (tertiary/aromatic N) is 1. The summed E-state index contributed by atoms with van der Waals surface area (Å²) in [5.74, 6) is -0.144. The van der Waals surface area contributed by atoms with Gasteiger partial charge in [0.15, 0.2) is 0 Å². The molecule has 0 aromatic carbocycles. The zero-order valence-electron chi connectivity index (χ0n) is 9.95. The quantitative estimate of drug-likeness (QED) is 0.681. The van der Waals surface area contributed by atoms with Crippen LogP contribution in [0, 0.1) is 0 Å². The predicted octanol–water partition coefficient (Wildman–Crippen LogP) is 0.622. The number of ether oxygens (including phenoxy) is 1. The Bertz CT molecular complexity index is 203. The van der Waals surface area contributed by atoms with Crippen LogP contribution in [0.5, 0.6) is 0 Å². The van der Waals surface area contributed by atoms with E-state index in [0.29, 0.717) is 6.04 Å². The van der Waals surface area contributed by atoms with Crippen molar-refractivity contribution in [1.29, 1.82) is 0 Å². The van der Waals surface area contributed by atoms with Gasteiger partial charge in [-0.3, -0.25) is 9.69 Å². The topological polar surface area (TPSA) is 41.6 Å². The molecule has 15 heavy (non-hydrogen) atoms. The third-order valence-corrected chi connectivity index (χ3v) is 3.11. The van der Waals surface area contributed by atoms with Crippen molar-refractivity contribution in [2.24, 2.45) is 0 Å². The Kier molecular flexibility index (Phi) is 5.05. The van der Waals surface area contributed by atoms with Gasteiger partial charge in [-0.15, -0.1) is 0 Å². The maximum absolute atomic E-state index is 11.4. The number of carbonyl (C=O) groups excluding carboxylic acids is 1. The van der Waals surface area contributed by atoms with E-state index in [2.05, 4.69) is 17.1 Å². The Morgan fingerprint density at radius 2 is 2.40 bits per heavy atom. The van der Waals surface area contributed by atoms with E-state index in [1.54, 1.807) is 0 Å². The van der Waals surface area contributed by atoms with E-state index in [1.807, 2.05) is 6.92 Å². The van der Waals surface area contributed by atoms with Crippen LogP contribution in [0.3, 0.4) is 0 Å². The number of esters is 1. The van der Waals surface area contributed by atoms with Crippen molar-refractivity contribution in [1.82, 2.24) is 10.2 Å². The zero-order valence-corrected chi connectivity index (χ0v) is 9.95. The molecule has 4 nitrogen and oxygen atoms in total. The summed E-state index contributed by atoms with van der Waals surface area (Å²) in [7, 11) is 1.44. The van der Waals surface area contributed by atoms with E-state index in [4.69, 9.17) is 4.74 Å². The largest absolute Gasteiger partial charge is 0.468 e. The van der Waals surface area contributed by atoms with Gasteiger partial charge in [0.1, 0.15) is 6.04 Å². The van der Waals surface area contributed by atoms with Crippen molar-refractivity contribution in [2.45, 2.75) is 38.8 Å². The molecule has 0 aliphatic carbocycles. The summed E-state index contributed by atoms with van der Waals surface area (Å²) < 4.78 is 4.76. The Hall–Kier alpha value is -0.610. The summed E-state index contributed by atoms with van der Waals surface area (Å²) >= 11 is 0. The summed E-state index contributed by atoms with van der Waals surface area (Å²) in [6.07, 6.45) is 2.46. The molecule has 1 heterocycles. The van der Waals surface area contributed by atoms with Crippen LogP contribution in [-0.4, -0.2) is 49.7 Å². The second-order valence-corrected chi connectivity index (χ2v) is 4.08. The molecule has 1 fully saturated rings. The minimum absolute atomic E-state index is 0.137. The second kappa shape index (κ2) is 6.08. The minimum atomic E-state index is -0.144. The lowest BCUT2D eigenvalue weighted by molar-refractivity contribution is -0.146. The fourth-order valence-corrected chi connectivity index (χ4v) is 2.08. The molecule has 2 atom stereocenters. The molecule has 2 unspecified atom stereocenters. The van der Waals surface area contributed by atoms with Crippen LogP contribution < -0.4 is 5.32 Å². The maximum atomic E-state index is 11.4. The second-order valence-electron chi connectivity index (χ2n) is 4.08. The van der Waals surface area contributed by atoms with Crippen LogP contribution in [0.4, 0.5) is 0 Å². The molecule has 4 heteroatoms. The average Bonchev–Trinajstić information content (AvgIpc) is 2.76. The van der Waals surface area contributed by atoms with Gasteiger partial charge >= 0.3 is 5.97 Å². The van der Waals surface area contributed by atoms with Crippen LogP contribution in [0.15, 0.2) is 0 Å². The van der Waals surface area contributed by atoms with E-state index in [9.17, 15) is 4.79 Å². The number of carbonyl (C=O) groups is 1. The Balaban J connectivity index is 2.42. The fraction of sp³-hybridized carbons (Fsp3) is 0.909. The number of hydrogen-bond donors (Lipinski definition) is 1. The van der Waals surface area contributed by atoms with Crippen molar-refractivity contribution >= 4 is 5.97 Å². The fourth-order valence-electron chi connectivity index (χ4n) is 2.08. The van der Waals surface area contributed by atoms with E-state index in [-0.39, 0.29) is 12.0 Å². The standard InChI is InChI=1S/C11H22N2O2/c1-4-13(9(2)11(14)15-3)8-10-6-5-7-12-10/h9-10,12H,4-8H2,1-3H3. The van der Waals surface area contributed by atoms with Gasteiger partial charge < -0.3 is 10.1 Å². The smallest absolute Gasteiger partial charge is 0.322 e. The van der Waals surface area contributed by atoms with Crippen LogP contribution in [0.25, 0.3) is 0 Å². The highest BCUT2D eigenvalue weighted by Gasteiger charge is 2.24. The van der Waals surface area contributed by atoms with Gasteiger partial charge in [-0.1, -0.05) is 6.92 Å². The van der Waals surface area contributed by atoms with E-state index >= 15 is 0 Å². The molecular weight excluding hydrogens is 192 g/mol. The van der Waals surface area contributed by atoms with Crippen molar-refractivity contribution in [3.05, 3.63) is 0 Å². The molecule has 0 amide bonds. The molecule has 88 valence electrons. The van der Waals surface area contributed by atoms with Crippen LogP contribution in [0.1, 0.15) is 26.7 Å². The van der Waals surface area contributed by atoms with Crippen molar-refractivity contribution in [3.63, 3.8) is 0 Å². The molecule has 1 N–H and O–H groups in total. The third-order valence-electron chi connectivity index (χ3n) is 3.11. The van der Waals surface area contributed by atoms with Crippen molar-refractivity contribution in [3.8, 4) is 0 Å². The zero-order chi connectivity index (χ0) is 11.3. The third kappa shape index (κ3) is 3.47. The van der Waals surface area contributed by atoms with E-state index < -0.39 is 0 Å². The van der Waals surface area contributed by atoms with Crippen LogP contribution >= 0.6 is 0 Å². The Labute approximate surface area is 92.0 Å². The van der Waals surface area contributed by atoms with Gasteiger partial charge in [-0.25, -0.2) is 0 Å². The number of methoxy groups -OCH3 is 1. The first kappa shape index (κ1) is 12.5. The SMILES string of the molecule is CCN(CC1CCCN1)C(C)C(=O)OC. The number of likely N-dealkylation sites (N-methyl/N-ethyl adjacent to an activating group) is 1. The molecule has 1 rings (SSSR count). The molecule has 0 aromatic rings. The monoisotopic (exact) mass is 214 g/mol. The molecular formula is C11H22N2O2. The first-order valence-electron chi connectivity index (χ1n) is 5.74. The van der Waals surface area contributed by atoms with E-state index in [0.717, 1.165) is 19.6 Å². The molecule has 0 aromatic heterocycles. The molecule has 0 spiro atoms. The van der Waals surface area contributed by atoms with Gasteiger partial charge in [-0.2, -0.15) is 0 Å². The lowest BCUT2D eigenvalue weighted by atomic mass is 10.2. The summed E-state index contributed by atoms with van der Waals surface area (Å²) in [4.78, 5) is 13.6. The van der Waals surface area contributed by atoms with Crippen LogP contribution in [0.2, 0.25) is 0 Å².